The van der Waals surface area contributed by atoms with E-state index in [1.165, 1.54) is 0 Å². The highest BCUT2D eigenvalue weighted by Crippen LogP contribution is 2.16. The van der Waals surface area contributed by atoms with Crippen molar-refractivity contribution in [2.75, 3.05) is 0 Å². The van der Waals surface area contributed by atoms with E-state index in [0.29, 0.717) is 12.3 Å². The van der Waals surface area contributed by atoms with Crippen LogP contribution in [0.15, 0.2) is 48.7 Å². The van der Waals surface area contributed by atoms with Gasteiger partial charge >= 0.3 is 0 Å². The average Bonchev–Trinajstić information content (AvgIpc) is 2.83. The molecule has 2 heterocycles. The molecule has 100 valence electrons. The van der Waals surface area contributed by atoms with Crippen LogP contribution in [0.2, 0.25) is 0 Å². The number of aromatic nitrogens is 2. The molecule has 3 aromatic rings. The molecule has 20 heavy (non-hydrogen) atoms. The van der Waals surface area contributed by atoms with Crippen LogP contribution in [0.4, 0.5) is 0 Å². The molecule has 0 radical (unpaired) electrons. The second kappa shape index (κ2) is 5.17. The number of pyridine rings is 1. The Hall–Kier alpha value is -2.62. The minimum Gasteiger partial charge on any atom is -0.486 e. The van der Waals surface area contributed by atoms with Gasteiger partial charge in [-0.2, -0.15) is 0 Å². The maximum absolute atomic E-state index is 11.1. The van der Waals surface area contributed by atoms with Crippen LogP contribution < -0.4 is 4.74 Å². The maximum Gasteiger partial charge on any atom is 0.170 e. The summed E-state index contributed by atoms with van der Waals surface area (Å²) in [6.07, 6.45) is 2.73. The van der Waals surface area contributed by atoms with E-state index in [1.807, 2.05) is 60.0 Å². The van der Waals surface area contributed by atoms with Crippen LogP contribution in [0.25, 0.3) is 5.52 Å². The predicted octanol–water partition coefficient (Wildman–Crippen LogP) is 3.03. The third kappa shape index (κ3) is 2.28. The van der Waals surface area contributed by atoms with Crippen molar-refractivity contribution < 1.29 is 9.53 Å². The first-order chi connectivity index (χ1) is 9.78. The Morgan fingerprint density at radius 2 is 2.00 bits per heavy atom. The van der Waals surface area contributed by atoms with Gasteiger partial charge < -0.3 is 4.74 Å². The normalized spacial score (nSPS) is 10.7. The topological polar surface area (TPSA) is 43.6 Å². The van der Waals surface area contributed by atoms with E-state index in [2.05, 4.69) is 4.98 Å². The molecule has 4 heteroatoms. The third-order valence-corrected chi connectivity index (χ3v) is 3.11. The van der Waals surface area contributed by atoms with Gasteiger partial charge in [0.15, 0.2) is 12.1 Å². The zero-order valence-electron chi connectivity index (χ0n) is 11.1. The molecule has 4 nitrogen and oxygen atoms in total. The minimum atomic E-state index is 0.322. The number of imidazole rings is 1. The Labute approximate surface area is 116 Å². The van der Waals surface area contributed by atoms with Gasteiger partial charge in [-0.25, -0.2) is 4.98 Å². The molecule has 0 aliphatic heterocycles. The summed E-state index contributed by atoms with van der Waals surface area (Å²) in [6, 6.07) is 13.4. The number of aryl methyl sites for hydroxylation is 1. The van der Waals surface area contributed by atoms with E-state index in [-0.39, 0.29) is 0 Å². The summed E-state index contributed by atoms with van der Waals surface area (Å²) in [5, 5.41) is 0. The van der Waals surface area contributed by atoms with Crippen LogP contribution in [0.1, 0.15) is 21.9 Å². The number of aldehydes is 1. The third-order valence-electron chi connectivity index (χ3n) is 3.11. The fourth-order valence-corrected chi connectivity index (χ4v) is 2.13. The summed E-state index contributed by atoms with van der Waals surface area (Å²) in [6.45, 7) is 2.32. The van der Waals surface area contributed by atoms with Crippen LogP contribution in [0, 0.1) is 6.92 Å². The SMILES string of the molecule is Cc1ccc2c(C=O)nc(COc3ccccc3)n2c1. The Morgan fingerprint density at radius 1 is 1.20 bits per heavy atom. The molecular weight excluding hydrogens is 252 g/mol. The Kier molecular flexibility index (Phi) is 3.21. The van der Waals surface area contributed by atoms with E-state index in [1.54, 1.807) is 0 Å². The highest BCUT2D eigenvalue weighted by Gasteiger charge is 2.10. The molecule has 0 N–H and O–H groups in total. The fourth-order valence-electron chi connectivity index (χ4n) is 2.13. The molecule has 0 saturated carbocycles. The number of para-hydroxylation sites is 1. The fraction of sp³-hybridized carbons (Fsp3) is 0.125. The number of rotatable bonds is 4. The van der Waals surface area contributed by atoms with Gasteiger partial charge in [0.05, 0.1) is 5.52 Å². The summed E-state index contributed by atoms with van der Waals surface area (Å²) in [7, 11) is 0. The summed E-state index contributed by atoms with van der Waals surface area (Å²) in [5.41, 5.74) is 2.35. The van der Waals surface area contributed by atoms with Gasteiger partial charge in [0, 0.05) is 6.20 Å². The van der Waals surface area contributed by atoms with E-state index in [4.69, 9.17) is 4.74 Å². The van der Waals surface area contributed by atoms with Gasteiger partial charge in [-0.15, -0.1) is 0 Å². The van der Waals surface area contributed by atoms with Crippen LogP contribution >= 0.6 is 0 Å². The molecular formula is C16H14N2O2. The standard InChI is InChI=1S/C16H14N2O2/c1-12-7-8-15-14(10-19)17-16(18(15)9-12)11-20-13-5-3-2-4-6-13/h2-10H,11H2,1H3. The molecule has 1 aromatic carbocycles. The van der Waals surface area contributed by atoms with Crippen LogP contribution in [-0.2, 0) is 6.61 Å². The maximum atomic E-state index is 11.1. The van der Waals surface area contributed by atoms with Crippen LogP contribution in [0.5, 0.6) is 5.75 Å². The van der Waals surface area contributed by atoms with Gasteiger partial charge in [-0.1, -0.05) is 24.3 Å². The molecule has 0 amide bonds. The van der Waals surface area contributed by atoms with E-state index in [0.717, 1.165) is 28.9 Å². The molecule has 0 unspecified atom stereocenters. The van der Waals surface area contributed by atoms with Crippen LogP contribution in [0.3, 0.4) is 0 Å². The molecule has 0 atom stereocenters. The van der Waals surface area contributed by atoms with Crippen molar-refractivity contribution >= 4 is 11.8 Å². The van der Waals surface area contributed by atoms with E-state index >= 15 is 0 Å². The number of hydrogen-bond acceptors (Lipinski definition) is 3. The quantitative estimate of drug-likeness (QED) is 0.682. The average molecular weight is 266 g/mol. The molecule has 3 rings (SSSR count). The molecule has 0 spiro atoms. The second-order valence-electron chi connectivity index (χ2n) is 4.59. The molecule has 2 aromatic heterocycles. The van der Waals surface area contributed by atoms with Crippen molar-refractivity contribution in [3.63, 3.8) is 0 Å². The van der Waals surface area contributed by atoms with Gasteiger partial charge in [-0.3, -0.25) is 9.20 Å². The zero-order chi connectivity index (χ0) is 13.9. The number of carbonyl (C=O) groups excluding carboxylic acids is 1. The second-order valence-corrected chi connectivity index (χ2v) is 4.59. The number of nitrogens with zero attached hydrogens (tertiary/aromatic N) is 2. The van der Waals surface area contributed by atoms with Crippen molar-refractivity contribution in [3.8, 4) is 5.75 Å². The summed E-state index contributed by atoms with van der Waals surface area (Å²) in [5.74, 6) is 1.50. The zero-order valence-corrected chi connectivity index (χ0v) is 11.1. The lowest BCUT2D eigenvalue weighted by atomic mass is 10.3. The van der Waals surface area contributed by atoms with Crippen molar-refractivity contribution in [1.82, 2.24) is 9.38 Å². The Balaban J connectivity index is 1.95. The van der Waals surface area contributed by atoms with E-state index < -0.39 is 0 Å². The summed E-state index contributed by atoms with van der Waals surface area (Å²) < 4.78 is 7.60. The number of fused-ring (bicyclic) bond motifs is 1. The number of ether oxygens (including phenoxy) is 1. The number of carbonyl (C=O) groups is 1. The van der Waals surface area contributed by atoms with Crippen molar-refractivity contribution in [1.29, 1.82) is 0 Å². The number of benzene rings is 1. The van der Waals surface area contributed by atoms with Gasteiger partial charge in [-0.05, 0) is 30.7 Å². The first kappa shape index (κ1) is 12.4. The summed E-state index contributed by atoms with van der Waals surface area (Å²) in [4.78, 5) is 15.4. The molecule has 0 aliphatic carbocycles. The molecule has 0 fully saturated rings. The van der Waals surface area contributed by atoms with E-state index in [9.17, 15) is 4.79 Å². The van der Waals surface area contributed by atoms with Gasteiger partial charge in [0.2, 0.25) is 0 Å². The number of hydrogen-bond donors (Lipinski definition) is 0. The van der Waals surface area contributed by atoms with Crippen LogP contribution in [-0.4, -0.2) is 15.7 Å². The van der Waals surface area contributed by atoms with Crippen molar-refractivity contribution in [3.05, 3.63) is 65.7 Å². The lowest BCUT2D eigenvalue weighted by molar-refractivity contribution is 0.112. The van der Waals surface area contributed by atoms with Gasteiger partial charge in [0.1, 0.15) is 18.1 Å². The minimum absolute atomic E-state index is 0.322. The lowest BCUT2D eigenvalue weighted by Gasteiger charge is -2.05. The predicted molar refractivity (Wildman–Crippen MR) is 76.1 cm³/mol. The first-order valence-electron chi connectivity index (χ1n) is 6.38. The largest absolute Gasteiger partial charge is 0.486 e. The smallest absolute Gasteiger partial charge is 0.170 e. The van der Waals surface area contributed by atoms with Crippen molar-refractivity contribution in [2.24, 2.45) is 0 Å². The highest BCUT2D eigenvalue weighted by molar-refractivity contribution is 5.83. The van der Waals surface area contributed by atoms with Gasteiger partial charge in [0.25, 0.3) is 0 Å². The molecule has 0 aliphatic rings. The lowest BCUT2D eigenvalue weighted by Crippen LogP contribution is -2.01. The monoisotopic (exact) mass is 266 g/mol. The molecule has 0 bridgehead atoms. The Morgan fingerprint density at radius 3 is 2.75 bits per heavy atom. The summed E-state index contributed by atoms with van der Waals surface area (Å²) >= 11 is 0. The van der Waals surface area contributed by atoms with Crippen molar-refractivity contribution in [2.45, 2.75) is 13.5 Å². The Bertz CT molecular complexity index is 748. The molecule has 0 saturated heterocycles. The highest BCUT2D eigenvalue weighted by atomic mass is 16.5. The first-order valence-corrected chi connectivity index (χ1v) is 6.38.